The molecule has 44 heavy (non-hydrogen) atoms. The molecule has 0 spiro atoms. The summed E-state index contributed by atoms with van der Waals surface area (Å²) in [4.78, 5) is 10.4. The molecule has 0 amide bonds. The molecule has 0 saturated carbocycles. The highest BCUT2D eigenvalue weighted by atomic mass is 32.1. The predicted octanol–water partition coefficient (Wildman–Crippen LogP) is 11.5. The Morgan fingerprint density at radius 2 is 1.05 bits per heavy atom. The third-order valence-corrected chi connectivity index (χ3v) is 10.1. The normalized spacial score (nSPS) is 12.1. The number of benzene rings is 6. The number of pyridine rings is 2. The molecule has 0 aliphatic carbocycles. The summed E-state index contributed by atoms with van der Waals surface area (Å²) in [6.07, 6.45) is 0. The fraction of sp³-hybridized carbons (Fsp3) is 0. The molecule has 6 aromatic carbocycles. The molecule has 3 nitrogen and oxygen atoms in total. The average Bonchev–Trinajstić information content (AvgIpc) is 3.66. The summed E-state index contributed by atoms with van der Waals surface area (Å²) in [6, 6.07) is 47.1. The van der Waals surface area contributed by atoms with Crippen LogP contribution in [0.25, 0.3) is 97.2 Å². The van der Waals surface area contributed by atoms with E-state index in [1.54, 1.807) is 11.3 Å². The average molecular weight is 579 g/mol. The Morgan fingerprint density at radius 3 is 1.82 bits per heavy atom. The van der Waals surface area contributed by atoms with Gasteiger partial charge in [0.25, 0.3) is 0 Å². The zero-order chi connectivity index (χ0) is 28.8. The van der Waals surface area contributed by atoms with Crippen molar-refractivity contribution in [3.05, 3.63) is 133 Å². The van der Waals surface area contributed by atoms with Crippen LogP contribution in [-0.2, 0) is 0 Å². The largest absolute Gasteiger partial charge is 0.438 e. The van der Waals surface area contributed by atoms with Crippen molar-refractivity contribution in [2.75, 3.05) is 0 Å². The van der Waals surface area contributed by atoms with Crippen LogP contribution in [0.5, 0.6) is 0 Å². The van der Waals surface area contributed by atoms with E-state index in [0.29, 0.717) is 5.71 Å². The number of hydrogen-bond acceptors (Lipinski definition) is 4. The second-order valence-electron chi connectivity index (χ2n) is 11.3. The minimum atomic E-state index is 0.677. The van der Waals surface area contributed by atoms with Crippen molar-refractivity contribution in [3.63, 3.8) is 0 Å². The molecule has 4 aromatic heterocycles. The summed E-state index contributed by atoms with van der Waals surface area (Å²) in [5.41, 5.74) is 6.61. The van der Waals surface area contributed by atoms with Crippen LogP contribution in [0.2, 0.25) is 0 Å². The first-order chi connectivity index (χ1) is 21.8. The van der Waals surface area contributed by atoms with Gasteiger partial charge in [0.1, 0.15) is 5.58 Å². The van der Waals surface area contributed by atoms with Gasteiger partial charge in [-0.1, -0.05) is 109 Å². The zero-order valence-corrected chi connectivity index (χ0v) is 24.2. The van der Waals surface area contributed by atoms with Crippen LogP contribution in [0, 0.1) is 0 Å². The summed E-state index contributed by atoms with van der Waals surface area (Å²) in [7, 11) is 0. The molecule has 0 radical (unpaired) electrons. The number of fused-ring (bicyclic) bond motifs is 13. The van der Waals surface area contributed by atoms with Crippen molar-refractivity contribution >= 4 is 86.0 Å². The highest BCUT2D eigenvalue weighted by Crippen LogP contribution is 2.45. The Balaban J connectivity index is 1.17. The van der Waals surface area contributed by atoms with Gasteiger partial charge in [-0.3, -0.25) is 0 Å². The molecule has 0 aliphatic heterocycles. The molecule has 0 bridgehead atoms. The summed E-state index contributed by atoms with van der Waals surface area (Å²) in [5, 5.41) is 10.7. The molecular weight excluding hydrogens is 557 g/mol. The Labute approximate surface area is 255 Å². The lowest BCUT2D eigenvalue weighted by Gasteiger charge is -2.11. The van der Waals surface area contributed by atoms with E-state index in [4.69, 9.17) is 14.4 Å². The minimum absolute atomic E-state index is 0.677. The fourth-order valence-corrected chi connectivity index (χ4v) is 8.10. The first-order valence-corrected chi connectivity index (χ1v) is 15.6. The smallest absolute Gasteiger partial charge is 0.228 e. The van der Waals surface area contributed by atoms with Gasteiger partial charge in [-0.2, -0.15) is 0 Å². The molecule has 0 saturated heterocycles. The van der Waals surface area contributed by atoms with E-state index < -0.39 is 0 Å². The topological polar surface area (TPSA) is 38.9 Å². The van der Waals surface area contributed by atoms with Gasteiger partial charge in [-0.25, -0.2) is 9.97 Å². The maximum Gasteiger partial charge on any atom is 0.228 e. The van der Waals surface area contributed by atoms with Gasteiger partial charge in [-0.15, -0.1) is 11.3 Å². The number of rotatable bonds is 2. The maximum absolute atomic E-state index is 6.32. The summed E-state index contributed by atoms with van der Waals surface area (Å²) in [5.74, 6) is 0. The molecule has 0 fully saturated rings. The Kier molecular flexibility index (Phi) is 4.87. The van der Waals surface area contributed by atoms with Gasteiger partial charge in [0.05, 0.1) is 27.0 Å². The highest BCUT2D eigenvalue weighted by Gasteiger charge is 2.20. The Hall–Kier alpha value is -5.58. The van der Waals surface area contributed by atoms with Crippen LogP contribution in [0.3, 0.4) is 0 Å². The summed E-state index contributed by atoms with van der Waals surface area (Å²) in [6.45, 7) is 0. The van der Waals surface area contributed by atoms with Crippen LogP contribution < -0.4 is 0 Å². The molecule has 0 atom stereocenters. The molecule has 0 aliphatic rings. The summed E-state index contributed by atoms with van der Waals surface area (Å²) < 4.78 is 8.75. The van der Waals surface area contributed by atoms with Gasteiger partial charge in [0.2, 0.25) is 5.71 Å². The van der Waals surface area contributed by atoms with Crippen molar-refractivity contribution in [3.8, 4) is 22.5 Å². The first kappa shape index (κ1) is 23.9. The molecule has 10 rings (SSSR count). The van der Waals surface area contributed by atoms with Crippen LogP contribution in [-0.4, -0.2) is 9.97 Å². The van der Waals surface area contributed by atoms with E-state index in [9.17, 15) is 0 Å². The number of nitrogens with zero attached hydrogens (tertiary/aromatic N) is 2. The van der Waals surface area contributed by atoms with Gasteiger partial charge in [-0.05, 0) is 40.4 Å². The van der Waals surface area contributed by atoms with E-state index in [0.717, 1.165) is 44.4 Å². The van der Waals surface area contributed by atoms with Gasteiger partial charge < -0.3 is 4.42 Å². The molecule has 4 heteroatoms. The molecule has 204 valence electrons. The first-order valence-electron chi connectivity index (χ1n) is 14.8. The Bertz CT molecular complexity index is 2740. The van der Waals surface area contributed by atoms with E-state index >= 15 is 0 Å². The van der Waals surface area contributed by atoms with E-state index in [1.165, 1.54) is 47.1 Å². The van der Waals surface area contributed by atoms with Gasteiger partial charge in [0, 0.05) is 42.8 Å². The Morgan fingerprint density at radius 1 is 0.455 bits per heavy atom. The van der Waals surface area contributed by atoms with Gasteiger partial charge in [0.15, 0.2) is 0 Å². The van der Waals surface area contributed by atoms with Crippen LogP contribution >= 0.6 is 11.3 Å². The maximum atomic E-state index is 6.32. The quantitative estimate of drug-likeness (QED) is 0.192. The van der Waals surface area contributed by atoms with Crippen molar-refractivity contribution in [1.82, 2.24) is 9.97 Å². The lowest BCUT2D eigenvalue weighted by Crippen LogP contribution is -1.90. The molecule has 0 unspecified atom stereocenters. The summed E-state index contributed by atoms with van der Waals surface area (Å²) >= 11 is 1.80. The molecule has 10 aromatic rings. The number of aromatic nitrogens is 2. The van der Waals surface area contributed by atoms with Crippen molar-refractivity contribution in [2.24, 2.45) is 0 Å². The number of hydrogen-bond donors (Lipinski definition) is 0. The third kappa shape index (κ3) is 3.31. The lowest BCUT2D eigenvalue weighted by molar-refractivity contribution is 0.655. The van der Waals surface area contributed by atoms with Crippen molar-refractivity contribution in [2.45, 2.75) is 0 Å². The van der Waals surface area contributed by atoms with E-state index in [1.807, 2.05) is 12.1 Å². The molecular formula is C40H22N2OS. The zero-order valence-electron chi connectivity index (χ0n) is 23.4. The highest BCUT2D eigenvalue weighted by molar-refractivity contribution is 7.26. The predicted molar refractivity (Wildman–Crippen MR) is 186 cm³/mol. The molecule has 4 heterocycles. The van der Waals surface area contributed by atoms with Gasteiger partial charge >= 0.3 is 0 Å². The van der Waals surface area contributed by atoms with Crippen LogP contribution in [0.4, 0.5) is 0 Å². The third-order valence-electron chi connectivity index (χ3n) is 8.89. The van der Waals surface area contributed by atoms with E-state index in [-0.39, 0.29) is 0 Å². The number of para-hydroxylation sites is 1. The second kappa shape index (κ2) is 8.96. The molecule has 0 N–H and O–H groups in total. The van der Waals surface area contributed by atoms with Crippen LogP contribution in [0.15, 0.2) is 138 Å². The van der Waals surface area contributed by atoms with Crippen molar-refractivity contribution in [1.29, 1.82) is 0 Å². The van der Waals surface area contributed by atoms with E-state index in [2.05, 4.69) is 121 Å². The lowest BCUT2D eigenvalue weighted by atomic mass is 9.96. The SMILES string of the molecule is c1ccc2c(c1)oc1nc(-c3ccc(-c4ccc5c6ccccc6c6ccccc6c5n4)cc3)c3sc4ccccc4c3c12. The van der Waals surface area contributed by atoms with Crippen molar-refractivity contribution < 1.29 is 4.42 Å². The number of thiophene rings is 1. The fourth-order valence-electron chi connectivity index (χ4n) is 6.88. The minimum Gasteiger partial charge on any atom is -0.438 e. The monoisotopic (exact) mass is 578 g/mol. The number of furan rings is 1. The van der Waals surface area contributed by atoms with Crippen LogP contribution in [0.1, 0.15) is 0 Å². The second-order valence-corrected chi connectivity index (χ2v) is 12.4. The standard InChI is InChI=1S/C40H22N2OS/c1-2-11-27-25(9-1)26-10-3-4-12-28(26)38-29(27)21-22-32(41-38)23-17-19-24(20-18-23)37-39-35(31-14-6-8-16-34(31)44-39)36-30-13-5-7-15-33(30)43-40(36)42-37/h1-22H.